The predicted octanol–water partition coefficient (Wildman–Crippen LogP) is 4.27. The molecule has 5 rings (SSSR count). The van der Waals surface area contributed by atoms with Crippen LogP contribution in [0.3, 0.4) is 0 Å². The quantitative estimate of drug-likeness (QED) is 0.520. The molecular weight excluding hydrogens is 323 g/mol. The van der Waals surface area contributed by atoms with Crippen LogP contribution in [0.5, 0.6) is 0 Å². The first kappa shape index (κ1) is 14.0. The van der Waals surface area contributed by atoms with Gasteiger partial charge in [0.2, 0.25) is 0 Å². The molecule has 0 aliphatic heterocycles. The molecule has 1 aliphatic rings. The first-order valence-corrected chi connectivity index (χ1v) is 8.92. The topological polar surface area (TPSA) is 43.1 Å². The molecular formula is C18H15FN4S. The Balaban J connectivity index is 1.74. The average Bonchev–Trinajstić information content (AvgIpc) is 3.15. The van der Waals surface area contributed by atoms with Gasteiger partial charge in [0.1, 0.15) is 17.0 Å². The van der Waals surface area contributed by atoms with E-state index >= 15 is 0 Å². The van der Waals surface area contributed by atoms with E-state index in [1.165, 1.54) is 29.0 Å². The smallest absolute Gasteiger partial charge is 0.182 e. The molecule has 0 spiro atoms. The molecule has 120 valence electrons. The van der Waals surface area contributed by atoms with Crippen LogP contribution in [0.15, 0.2) is 30.6 Å². The number of benzene rings is 1. The molecule has 0 radical (unpaired) electrons. The number of halogens is 1. The minimum absolute atomic E-state index is 0.257. The van der Waals surface area contributed by atoms with Gasteiger partial charge in [0, 0.05) is 10.4 Å². The molecule has 4 nitrogen and oxygen atoms in total. The fourth-order valence-electron chi connectivity index (χ4n) is 3.46. The van der Waals surface area contributed by atoms with Gasteiger partial charge in [0.25, 0.3) is 0 Å². The summed E-state index contributed by atoms with van der Waals surface area (Å²) in [5.74, 6) is 1.08. The van der Waals surface area contributed by atoms with Crippen LogP contribution >= 0.6 is 11.3 Å². The maximum atomic E-state index is 13.1. The molecule has 3 heterocycles. The van der Waals surface area contributed by atoms with E-state index in [0.717, 1.165) is 40.2 Å². The maximum absolute atomic E-state index is 13.1. The Hall–Kier alpha value is -2.34. The number of nitrogens with zero attached hydrogens (tertiary/aromatic N) is 4. The standard InChI is InChI=1S/C18H15FN4S/c1-10-2-7-13-14(8-10)24-18-15(13)17-21-16(22-23(17)9-20-18)11-3-5-12(19)6-4-11/h3-6,9-10H,2,7-8H2,1H3/t10-/m1/s1. The molecule has 3 aromatic heterocycles. The van der Waals surface area contributed by atoms with Crippen LogP contribution in [0.25, 0.3) is 27.3 Å². The average molecular weight is 338 g/mol. The first-order valence-electron chi connectivity index (χ1n) is 8.10. The third-order valence-electron chi connectivity index (χ3n) is 4.73. The van der Waals surface area contributed by atoms with Crippen molar-refractivity contribution in [3.63, 3.8) is 0 Å². The van der Waals surface area contributed by atoms with E-state index in [0.29, 0.717) is 5.82 Å². The second kappa shape index (κ2) is 5.08. The molecule has 0 N–H and O–H groups in total. The Morgan fingerprint density at radius 3 is 2.92 bits per heavy atom. The number of rotatable bonds is 1. The van der Waals surface area contributed by atoms with Crippen molar-refractivity contribution in [1.82, 2.24) is 19.6 Å². The van der Waals surface area contributed by atoms with E-state index in [-0.39, 0.29) is 5.82 Å². The third kappa shape index (κ3) is 2.06. The van der Waals surface area contributed by atoms with Crippen molar-refractivity contribution < 1.29 is 4.39 Å². The van der Waals surface area contributed by atoms with E-state index in [1.807, 2.05) is 0 Å². The van der Waals surface area contributed by atoms with Crippen molar-refractivity contribution in [2.24, 2.45) is 5.92 Å². The summed E-state index contributed by atoms with van der Waals surface area (Å²) < 4.78 is 14.9. The van der Waals surface area contributed by atoms with Crippen molar-refractivity contribution in [2.75, 3.05) is 0 Å². The summed E-state index contributed by atoms with van der Waals surface area (Å²) in [6, 6.07) is 6.28. The molecule has 6 heteroatoms. The second-order valence-electron chi connectivity index (χ2n) is 6.49. The van der Waals surface area contributed by atoms with Crippen molar-refractivity contribution in [3.8, 4) is 11.4 Å². The van der Waals surface area contributed by atoms with E-state index in [2.05, 4.69) is 17.0 Å². The summed E-state index contributed by atoms with van der Waals surface area (Å²) in [5, 5.41) is 5.68. The number of aromatic nitrogens is 4. The fraction of sp³-hybridized carbons (Fsp3) is 0.278. The molecule has 0 saturated carbocycles. The van der Waals surface area contributed by atoms with Gasteiger partial charge in [-0.25, -0.2) is 18.9 Å². The summed E-state index contributed by atoms with van der Waals surface area (Å²) >= 11 is 1.78. The van der Waals surface area contributed by atoms with Crippen LogP contribution in [0.2, 0.25) is 0 Å². The van der Waals surface area contributed by atoms with E-state index < -0.39 is 0 Å². The van der Waals surface area contributed by atoms with Gasteiger partial charge in [-0.2, -0.15) is 0 Å². The summed E-state index contributed by atoms with van der Waals surface area (Å²) in [6.07, 6.45) is 5.14. The maximum Gasteiger partial charge on any atom is 0.182 e. The van der Waals surface area contributed by atoms with Crippen LogP contribution in [-0.2, 0) is 12.8 Å². The normalized spacial score (nSPS) is 17.5. The zero-order valence-corrected chi connectivity index (χ0v) is 14.0. The molecule has 0 amide bonds. The van der Waals surface area contributed by atoms with Crippen molar-refractivity contribution in [2.45, 2.75) is 26.2 Å². The Bertz CT molecular complexity index is 1060. The highest BCUT2D eigenvalue weighted by atomic mass is 32.1. The van der Waals surface area contributed by atoms with Gasteiger partial charge in [-0.3, -0.25) is 0 Å². The molecule has 0 bridgehead atoms. The lowest BCUT2D eigenvalue weighted by atomic mass is 9.89. The van der Waals surface area contributed by atoms with Gasteiger partial charge in [-0.1, -0.05) is 6.92 Å². The summed E-state index contributed by atoms with van der Waals surface area (Å²) in [5.41, 5.74) is 3.06. The zero-order chi connectivity index (χ0) is 16.3. The Kier molecular flexibility index (Phi) is 2.97. The molecule has 0 unspecified atom stereocenters. The highest BCUT2D eigenvalue weighted by molar-refractivity contribution is 7.19. The molecule has 4 aromatic rings. The van der Waals surface area contributed by atoms with Crippen molar-refractivity contribution in [1.29, 1.82) is 0 Å². The molecule has 0 fully saturated rings. The van der Waals surface area contributed by atoms with Gasteiger partial charge < -0.3 is 0 Å². The molecule has 1 atom stereocenters. The largest absolute Gasteiger partial charge is 0.225 e. The van der Waals surface area contributed by atoms with Gasteiger partial charge in [-0.05, 0) is 55.0 Å². The molecule has 1 aromatic carbocycles. The highest BCUT2D eigenvalue weighted by Gasteiger charge is 2.23. The van der Waals surface area contributed by atoms with E-state index in [1.54, 1.807) is 34.3 Å². The van der Waals surface area contributed by atoms with Crippen LogP contribution in [0.1, 0.15) is 23.8 Å². The fourth-order valence-corrected chi connectivity index (χ4v) is 4.81. The Labute approximate surface area is 142 Å². The summed E-state index contributed by atoms with van der Waals surface area (Å²) in [7, 11) is 0. The van der Waals surface area contributed by atoms with Gasteiger partial charge in [-0.15, -0.1) is 16.4 Å². The lowest BCUT2D eigenvalue weighted by Gasteiger charge is -2.17. The number of hydrogen-bond acceptors (Lipinski definition) is 4. The monoisotopic (exact) mass is 338 g/mol. The van der Waals surface area contributed by atoms with E-state index in [4.69, 9.17) is 4.98 Å². The lowest BCUT2D eigenvalue weighted by molar-refractivity contribution is 0.509. The second-order valence-corrected chi connectivity index (χ2v) is 7.57. The number of hydrogen-bond donors (Lipinski definition) is 0. The van der Waals surface area contributed by atoms with Crippen LogP contribution in [0, 0.1) is 11.7 Å². The minimum Gasteiger partial charge on any atom is -0.225 e. The van der Waals surface area contributed by atoms with Crippen LogP contribution in [-0.4, -0.2) is 19.6 Å². The summed E-state index contributed by atoms with van der Waals surface area (Å²) in [6.45, 7) is 2.31. The Morgan fingerprint density at radius 1 is 1.25 bits per heavy atom. The lowest BCUT2D eigenvalue weighted by Crippen LogP contribution is -2.08. The Morgan fingerprint density at radius 2 is 2.08 bits per heavy atom. The summed E-state index contributed by atoms with van der Waals surface area (Å²) in [4.78, 5) is 11.8. The SMILES string of the molecule is C[C@@H]1CCc2c(sc3ncn4nc(-c5ccc(F)cc5)nc4c23)C1. The van der Waals surface area contributed by atoms with Crippen LogP contribution in [0.4, 0.5) is 4.39 Å². The number of thiophene rings is 1. The van der Waals surface area contributed by atoms with Crippen LogP contribution < -0.4 is 0 Å². The minimum atomic E-state index is -0.257. The van der Waals surface area contributed by atoms with Crippen molar-refractivity contribution in [3.05, 3.63) is 46.9 Å². The zero-order valence-electron chi connectivity index (χ0n) is 13.2. The molecule has 24 heavy (non-hydrogen) atoms. The molecule has 1 aliphatic carbocycles. The number of fused-ring (bicyclic) bond motifs is 5. The third-order valence-corrected chi connectivity index (χ3v) is 5.90. The molecule has 0 saturated heterocycles. The van der Waals surface area contributed by atoms with Gasteiger partial charge in [0.05, 0.1) is 5.39 Å². The van der Waals surface area contributed by atoms with Crippen molar-refractivity contribution >= 4 is 27.2 Å². The predicted molar refractivity (Wildman–Crippen MR) is 92.7 cm³/mol. The highest BCUT2D eigenvalue weighted by Crippen LogP contribution is 2.38. The first-order chi connectivity index (χ1) is 11.7. The van der Waals surface area contributed by atoms with Gasteiger partial charge >= 0.3 is 0 Å². The van der Waals surface area contributed by atoms with Gasteiger partial charge in [0.15, 0.2) is 11.5 Å². The van der Waals surface area contributed by atoms with E-state index in [9.17, 15) is 4.39 Å². The number of aryl methyl sites for hydroxylation is 1.